The van der Waals surface area contributed by atoms with Gasteiger partial charge in [-0.3, -0.25) is 0 Å². The van der Waals surface area contributed by atoms with Crippen molar-refractivity contribution in [3.8, 4) is 5.75 Å². The fourth-order valence-electron chi connectivity index (χ4n) is 2.63. The molecule has 132 valence electrons. The fraction of sp³-hybridized carbons (Fsp3) is 0.222. The molecule has 0 bridgehead atoms. The van der Waals surface area contributed by atoms with Crippen molar-refractivity contribution in [1.82, 2.24) is 0 Å². The van der Waals surface area contributed by atoms with Gasteiger partial charge in [0.15, 0.2) is 6.23 Å². The molecule has 2 nitrogen and oxygen atoms in total. The third kappa shape index (κ3) is 3.92. The van der Waals surface area contributed by atoms with Crippen LogP contribution < -0.4 is 9.64 Å². The first kappa shape index (κ1) is 17.3. The predicted molar refractivity (Wildman–Crippen MR) is 83.3 cm³/mol. The topological polar surface area (TPSA) is 12.5 Å². The molecule has 0 spiro atoms. The van der Waals surface area contributed by atoms with Gasteiger partial charge < -0.3 is 9.64 Å². The summed E-state index contributed by atoms with van der Waals surface area (Å²) in [7, 11) is 0. The number of benzene rings is 2. The number of halogens is 5. The zero-order valence-corrected chi connectivity index (χ0v) is 12.9. The Balaban J connectivity index is 1.86. The van der Waals surface area contributed by atoms with Crippen LogP contribution in [0.1, 0.15) is 12.0 Å². The molecule has 1 unspecified atom stereocenters. The van der Waals surface area contributed by atoms with E-state index in [9.17, 15) is 22.0 Å². The van der Waals surface area contributed by atoms with Gasteiger partial charge in [0.05, 0.1) is 11.3 Å². The van der Waals surface area contributed by atoms with Crippen molar-refractivity contribution < 1.29 is 26.7 Å². The molecule has 1 aliphatic heterocycles. The average Bonchev–Trinajstić information content (AvgIpc) is 2.55. The van der Waals surface area contributed by atoms with E-state index in [2.05, 4.69) is 0 Å². The van der Waals surface area contributed by atoms with Crippen molar-refractivity contribution in [2.45, 2.75) is 18.8 Å². The van der Waals surface area contributed by atoms with Crippen molar-refractivity contribution in [2.24, 2.45) is 0 Å². The molecular formula is C18H14F5NO. The van der Waals surface area contributed by atoms with Crippen LogP contribution in [0.25, 0.3) is 0 Å². The summed E-state index contributed by atoms with van der Waals surface area (Å²) >= 11 is 0. The second kappa shape index (κ2) is 6.74. The van der Waals surface area contributed by atoms with Gasteiger partial charge in [-0.1, -0.05) is 18.2 Å². The standard InChI is InChI=1S/C18H14F5NO/c19-13-7-8-16(15(20)11-13)24-9-2-1-6-17(24)25-14-5-3-4-12(10-14)18(21,22)23/h1-5,7-8,10-11,17H,6,9H2. The molecule has 1 heterocycles. The molecule has 1 aliphatic rings. The summed E-state index contributed by atoms with van der Waals surface area (Å²) < 4.78 is 71.3. The highest BCUT2D eigenvalue weighted by atomic mass is 19.4. The first-order valence-electron chi connectivity index (χ1n) is 7.55. The molecule has 2 aromatic rings. The van der Waals surface area contributed by atoms with Crippen molar-refractivity contribution in [1.29, 1.82) is 0 Å². The molecule has 0 fully saturated rings. The third-order valence-corrected chi connectivity index (χ3v) is 3.81. The van der Waals surface area contributed by atoms with Crippen molar-refractivity contribution in [3.05, 3.63) is 71.8 Å². The van der Waals surface area contributed by atoms with Gasteiger partial charge in [-0.05, 0) is 30.3 Å². The van der Waals surface area contributed by atoms with Crippen LogP contribution >= 0.6 is 0 Å². The Morgan fingerprint density at radius 1 is 1.00 bits per heavy atom. The summed E-state index contributed by atoms with van der Waals surface area (Å²) in [6, 6.07) is 7.67. The maximum absolute atomic E-state index is 14.1. The van der Waals surface area contributed by atoms with Crippen molar-refractivity contribution in [2.75, 3.05) is 11.4 Å². The van der Waals surface area contributed by atoms with Gasteiger partial charge in [-0.15, -0.1) is 0 Å². The Morgan fingerprint density at radius 3 is 2.52 bits per heavy atom. The predicted octanol–water partition coefficient (Wildman–Crippen LogP) is 5.16. The van der Waals surface area contributed by atoms with Crippen LogP contribution in [-0.4, -0.2) is 12.8 Å². The highest BCUT2D eigenvalue weighted by molar-refractivity contribution is 5.50. The lowest BCUT2D eigenvalue weighted by molar-refractivity contribution is -0.137. The van der Waals surface area contributed by atoms with E-state index in [0.29, 0.717) is 13.0 Å². The van der Waals surface area contributed by atoms with E-state index in [-0.39, 0.29) is 11.4 Å². The molecule has 25 heavy (non-hydrogen) atoms. The molecule has 0 amide bonds. The fourth-order valence-corrected chi connectivity index (χ4v) is 2.63. The molecule has 0 aliphatic carbocycles. The van der Waals surface area contributed by atoms with Gasteiger partial charge >= 0.3 is 6.18 Å². The van der Waals surface area contributed by atoms with Crippen LogP contribution in [0.15, 0.2) is 54.6 Å². The van der Waals surface area contributed by atoms with E-state index >= 15 is 0 Å². The first-order valence-corrected chi connectivity index (χ1v) is 7.55. The summed E-state index contributed by atoms with van der Waals surface area (Å²) in [6.45, 7) is 0.298. The second-order valence-electron chi connectivity index (χ2n) is 5.55. The number of anilines is 1. The molecule has 2 aromatic carbocycles. The van der Waals surface area contributed by atoms with E-state index in [1.54, 1.807) is 12.2 Å². The normalized spacial score (nSPS) is 17.6. The lowest BCUT2D eigenvalue weighted by Crippen LogP contribution is -2.42. The van der Waals surface area contributed by atoms with E-state index in [4.69, 9.17) is 4.74 Å². The Hall–Kier alpha value is -2.57. The molecule has 0 saturated carbocycles. The molecule has 0 saturated heterocycles. The Morgan fingerprint density at radius 2 is 1.80 bits per heavy atom. The van der Waals surface area contributed by atoms with Crippen LogP contribution in [0.4, 0.5) is 27.6 Å². The van der Waals surface area contributed by atoms with Crippen molar-refractivity contribution >= 4 is 5.69 Å². The number of hydrogen-bond donors (Lipinski definition) is 0. The van der Waals surface area contributed by atoms with Crippen LogP contribution in [-0.2, 0) is 6.18 Å². The molecule has 0 radical (unpaired) electrons. The molecule has 0 aromatic heterocycles. The SMILES string of the molecule is Fc1ccc(N2CC=CCC2Oc2cccc(C(F)(F)F)c2)c(F)c1. The van der Waals surface area contributed by atoms with Gasteiger partial charge in [0.1, 0.15) is 17.4 Å². The third-order valence-electron chi connectivity index (χ3n) is 3.81. The second-order valence-corrected chi connectivity index (χ2v) is 5.55. The van der Waals surface area contributed by atoms with E-state index in [1.807, 2.05) is 0 Å². The number of nitrogens with zero attached hydrogens (tertiary/aromatic N) is 1. The summed E-state index contributed by atoms with van der Waals surface area (Å²) in [5.41, 5.74) is -0.696. The maximum Gasteiger partial charge on any atom is 0.416 e. The number of alkyl halides is 3. The van der Waals surface area contributed by atoms with Crippen LogP contribution in [0.2, 0.25) is 0 Å². The highest BCUT2D eigenvalue weighted by Crippen LogP contribution is 2.33. The maximum atomic E-state index is 14.1. The largest absolute Gasteiger partial charge is 0.470 e. The highest BCUT2D eigenvalue weighted by Gasteiger charge is 2.31. The van der Waals surface area contributed by atoms with Gasteiger partial charge in [0.2, 0.25) is 0 Å². The number of rotatable bonds is 3. The zero-order valence-electron chi connectivity index (χ0n) is 12.9. The summed E-state index contributed by atoms with van der Waals surface area (Å²) in [4.78, 5) is 1.54. The minimum atomic E-state index is -4.48. The minimum Gasteiger partial charge on any atom is -0.470 e. The first-order chi connectivity index (χ1) is 11.8. The summed E-state index contributed by atoms with van der Waals surface area (Å²) in [5, 5.41) is 0. The number of ether oxygens (including phenoxy) is 1. The van der Waals surface area contributed by atoms with Gasteiger partial charge in [0.25, 0.3) is 0 Å². The van der Waals surface area contributed by atoms with Crippen LogP contribution in [0, 0.1) is 11.6 Å². The quantitative estimate of drug-likeness (QED) is 0.557. The van der Waals surface area contributed by atoms with Gasteiger partial charge in [0, 0.05) is 19.0 Å². The van der Waals surface area contributed by atoms with Crippen LogP contribution in [0.3, 0.4) is 0 Å². The van der Waals surface area contributed by atoms with E-state index in [0.717, 1.165) is 24.3 Å². The monoisotopic (exact) mass is 355 g/mol. The lowest BCUT2D eigenvalue weighted by atomic mass is 10.1. The molecule has 3 rings (SSSR count). The lowest BCUT2D eigenvalue weighted by Gasteiger charge is -2.35. The smallest absolute Gasteiger partial charge is 0.416 e. The van der Waals surface area contributed by atoms with Gasteiger partial charge in [-0.2, -0.15) is 13.2 Å². The molecule has 7 heteroatoms. The Bertz CT molecular complexity index is 787. The molecule has 0 N–H and O–H groups in total. The van der Waals surface area contributed by atoms with Gasteiger partial charge in [-0.25, -0.2) is 8.78 Å². The van der Waals surface area contributed by atoms with E-state index < -0.39 is 29.6 Å². The molecular weight excluding hydrogens is 341 g/mol. The van der Waals surface area contributed by atoms with Crippen molar-refractivity contribution in [3.63, 3.8) is 0 Å². The zero-order chi connectivity index (χ0) is 18.0. The number of hydrogen-bond acceptors (Lipinski definition) is 2. The Labute approximate surface area is 141 Å². The molecule has 1 atom stereocenters. The Kier molecular flexibility index (Phi) is 4.65. The summed E-state index contributed by atoms with van der Waals surface area (Å²) in [6.07, 6.45) is -1.24. The van der Waals surface area contributed by atoms with Crippen LogP contribution in [0.5, 0.6) is 5.75 Å². The summed E-state index contributed by atoms with van der Waals surface area (Å²) in [5.74, 6) is -1.43. The van der Waals surface area contributed by atoms with E-state index in [1.165, 1.54) is 23.1 Å². The average molecular weight is 355 g/mol. The minimum absolute atomic E-state index is 0.0302.